The molecule has 2 amide bonds. The maximum Gasteiger partial charge on any atom is 0.407 e. The van der Waals surface area contributed by atoms with Crippen molar-refractivity contribution in [3.63, 3.8) is 0 Å². The number of hydrogen-bond acceptors (Lipinski definition) is 4. The molecule has 0 spiro atoms. The van der Waals surface area contributed by atoms with Crippen LogP contribution in [0.5, 0.6) is 0 Å². The largest absolute Gasteiger partial charge is 0.481 e. The monoisotopic (exact) mass is 474 g/mol. The number of carboxylic acids is 1. The molecule has 1 aliphatic carbocycles. The van der Waals surface area contributed by atoms with Crippen molar-refractivity contribution in [3.05, 3.63) is 59.7 Å². The Balaban J connectivity index is 1.66. The molecular formula is C25H28F2N2O5. The second-order valence-corrected chi connectivity index (χ2v) is 8.61. The minimum Gasteiger partial charge on any atom is -0.481 e. The van der Waals surface area contributed by atoms with Crippen molar-refractivity contribution in [2.75, 3.05) is 6.61 Å². The summed E-state index contributed by atoms with van der Waals surface area (Å²) in [6, 6.07) is 13.2. The molecule has 0 aromatic heterocycles. The van der Waals surface area contributed by atoms with Crippen LogP contribution in [0.25, 0.3) is 11.1 Å². The van der Waals surface area contributed by atoms with E-state index in [0.29, 0.717) is 0 Å². The van der Waals surface area contributed by atoms with Gasteiger partial charge in [-0.1, -0.05) is 62.4 Å². The third-order valence-corrected chi connectivity index (χ3v) is 5.89. The molecule has 1 aliphatic rings. The molecule has 9 heteroatoms. The molecule has 2 aromatic rings. The Kier molecular flexibility index (Phi) is 8.20. The first-order valence-electron chi connectivity index (χ1n) is 11.1. The van der Waals surface area contributed by atoms with Crippen LogP contribution in [0.1, 0.15) is 43.7 Å². The number of rotatable bonds is 10. The standard InChI is InChI=1S/C25H28F2N2O5/c1-14(2)20(12-23(30)31)28-24(32)21(11-22(26)27)29-25(33)34-13-19-17-9-5-3-7-15(17)16-8-4-6-10-18(16)19/h3-10,14,19-22H,11-13H2,1-2H3,(H,28,32)(H,29,33)(H,30,31)/t20-,21?/m0/s1. The van der Waals surface area contributed by atoms with E-state index < -0.39 is 42.9 Å². The van der Waals surface area contributed by atoms with Gasteiger partial charge in [0.2, 0.25) is 12.3 Å². The van der Waals surface area contributed by atoms with Crippen LogP contribution in [0.2, 0.25) is 0 Å². The molecule has 0 aliphatic heterocycles. The summed E-state index contributed by atoms with van der Waals surface area (Å²) in [6.45, 7) is 3.38. The zero-order valence-corrected chi connectivity index (χ0v) is 19.0. The predicted molar refractivity (Wildman–Crippen MR) is 122 cm³/mol. The van der Waals surface area contributed by atoms with Crippen LogP contribution in [0.15, 0.2) is 48.5 Å². The summed E-state index contributed by atoms with van der Waals surface area (Å²) < 4.78 is 31.5. The fourth-order valence-electron chi connectivity index (χ4n) is 4.12. The summed E-state index contributed by atoms with van der Waals surface area (Å²) in [5, 5.41) is 13.7. The van der Waals surface area contributed by atoms with Crippen molar-refractivity contribution in [1.82, 2.24) is 10.6 Å². The Morgan fingerprint density at radius 2 is 1.53 bits per heavy atom. The molecule has 0 bridgehead atoms. The topological polar surface area (TPSA) is 105 Å². The zero-order chi connectivity index (χ0) is 24.8. The molecule has 34 heavy (non-hydrogen) atoms. The fourth-order valence-corrected chi connectivity index (χ4v) is 4.12. The summed E-state index contributed by atoms with van der Waals surface area (Å²) in [7, 11) is 0. The first kappa shape index (κ1) is 25.1. The minimum absolute atomic E-state index is 0.0312. The van der Waals surface area contributed by atoms with E-state index in [-0.39, 0.29) is 24.9 Å². The van der Waals surface area contributed by atoms with Gasteiger partial charge in [0.1, 0.15) is 12.6 Å². The first-order chi connectivity index (χ1) is 16.2. The van der Waals surface area contributed by atoms with Crippen molar-refractivity contribution in [2.45, 2.75) is 51.1 Å². The van der Waals surface area contributed by atoms with Gasteiger partial charge in [-0.25, -0.2) is 13.6 Å². The normalized spacial score (nSPS) is 14.3. The lowest BCUT2D eigenvalue weighted by Crippen LogP contribution is -2.52. The smallest absolute Gasteiger partial charge is 0.407 e. The molecule has 0 heterocycles. The molecule has 3 N–H and O–H groups in total. The second-order valence-electron chi connectivity index (χ2n) is 8.61. The van der Waals surface area contributed by atoms with Gasteiger partial charge in [0.25, 0.3) is 0 Å². The van der Waals surface area contributed by atoms with Crippen molar-refractivity contribution in [1.29, 1.82) is 0 Å². The average Bonchev–Trinajstić information content (AvgIpc) is 3.10. The molecule has 7 nitrogen and oxygen atoms in total. The molecule has 0 radical (unpaired) electrons. The molecule has 0 saturated carbocycles. The van der Waals surface area contributed by atoms with Crippen molar-refractivity contribution >= 4 is 18.0 Å². The highest BCUT2D eigenvalue weighted by atomic mass is 19.3. The minimum atomic E-state index is -2.86. The number of halogens is 2. The number of carboxylic acid groups (broad SMARTS) is 1. The number of aliphatic carboxylic acids is 1. The summed E-state index contributed by atoms with van der Waals surface area (Å²) in [4.78, 5) is 36.1. The van der Waals surface area contributed by atoms with Crippen LogP contribution in [-0.4, -0.2) is 48.2 Å². The predicted octanol–water partition coefficient (Wildman–Crippen LogP) is 4.16. The molecule has 182 valence electrons. The zero-order valence-electron chi connectivity index (χ0n) is 19.0. The van der Waals surface area contributed by atoms with E-state index in [1.807, 2.05) is 48.5 Å². The number of hydrogen-bond donors (Lipinski definition) is 3. The van der Waals surface area contributed by atoms with Crippen molar-refractivity contribution < 1.29 is 33.0 Å². The van der Waals surface area contributed by atoms with E-state index in [1.165, 1.54) is 0 Å². The van der Waals surface area contributed by atoms with Crippen LogP contribution < -0.4 is 10.6 Å². The summed E-state index contributed by atoms with van der Waals surface area (Å²) >= 11 is 0. The van der Waals surface area contributed by atoms with E-state index in [1.54, 1.807) is 13.8 Å². The van der Waals surface area contributed by atoms with Crippen LogP contribution >= 0.6 is 0 Å². The summed E-state index contributed by atoms with van der Waals surface area (Å²) in [5.41, 5.74) is 4.07. The quantitative estimate of drug-likeness (QED) is 0.480. The maximum absolute atomic E-state index is 13.1. The van der Waals surface area contributed by atoms with Gasteiger partial charge in [0.15, 0.2) is 0 Å². The van der Waals surface area contributed by atoms with Gasteiger partial charge in [0.05, 0.1) is 6.42 Å². The van der Waals surface area contributed by atoms with Crippen LogP contribution in [0, 0.1) is 5.92 Å². The first-order valence-corrected chi connectivity index (χ1v) is 11.1. The SMILES string of the molecule is CC(C)[C@H](CC(=O)O)NC(=O)C(CC(F)F)NC(=O)OCC1c2ccccc2-c2ccccc21. The molecule has 2 aromatic carbocycles. The van der Waals surface area contributed by atoms with Gasteiger partial charge in [-0.05, 0) is 28.2 Å². The lowest BCUT2D eigenvalue weighted by molar-refractivity contribution is -0.138. The van der Waals surface area contributed by atoms with Crippen molar-refractivity contribution in [2.24, 2.45) is 5.92 Å². The molecule has 3 rings (SSSR count). The van der Waals surface area contributed by atoms with E-state index in [0.717, 1.165) is 22.3 Å². The van der Waals surface area contributed by atoms with Gasteiger partial charge in [-0.2, -0.15) is 0 Å². The third kappa shape index (κ3) is 6.09. The van der Waals surface area contributed by atoms with Crippen LogP contribution in [0.4, 0.5) is 13.6 Å². The number of amides is 2. The molecule has 1 unspecified atom stereocenters. The van der Waals surface area contributed by atoms with E-state index >= 15 is 0 Å². The Hall–Kier alpha value is -3.49. The molecular weight excluding hydrogens is 446 g/mol. The maximum atomic E-state index is 13.1. The van der Waals surface area contributed by atoms with Crippen molar-refractivity contribution in [3.8, 4) is 11.1 Å². The fraction of sp³-hybridized carbons (Fsp3) is 0.400. The average molecular weight is 475 g/mol. The summed E-state index contributed by atoms with van der Waals surface area (Å²) in [5.74, 6) is -2.48. The lowest BCUT2D eigenvalue weighted by Gasteiger charge is -2.25. The van der Waals surface area contributed by atoms with Crippen LogP contribution in [-0.2, 0) is 14.3 Å². The molecule has 2 atom stereocenters. The molecule has 0 saturated heterocycles. The highest BCUT2D eigenvalue weighted by Gasteiger charge is 2.31. The number of alkyl halides is 2. The number of carbonyl (C=O) groups excluding carboxylic acids is 2. The Morgan fingerprint density at radius 1 is 0.971 bits per heavy atom. The van der Waals surface area contributed by atoms with Gasteiger partial charge in [-0.3, -0.25) is 9.59 Å². The number of nitrogens with one attached hydrogen (secondary N) is 2. The summed E-state index contributed by atoms with van der Waals surface area (Å²) in [6.07, 6.45) is -5.15. The van der Waals surface area contributed by atoms with Gasteiger partial charge in [0, 0.05) is 18.4 Å². The number of ether oxygens (including phenoxy) is 1. The van der Waals surface area contributed by atoms with Gasteiger partial charge in [-0.15, -0.1) is 0 Å². The Bertz CT molecular complexity index is 998. The molecule has 0 fully saturated rings. The number of fused-ring (bicyclic) bond motifs is 3. The lowest BCUT2D eigenvalue weighted by atomic mass is 9.98. The van der Waals surface area contributed by atoms with Gasteiger partial charge >= 0.3 is 12.1 Å². The highest BCUT2D eigenvalue weighted by Crippen LogP contribution is 2.44. The Morgan fingerprint density at radius 3 is 2.03 bits per heavy atom. The van der Waals surface area contributed by atoms with E-state index in [9.17, 15) is 23.2 Å². The number of benzene rings is 2. The number of carbonyl (C=O) groups is 3. The highest BCUT2D eigenvalue weighted by molar-refractivity contribution is 5.86. The third-order valence-electron chi connectivity index (χ3n) is 5.89. The van der Waals surface area contributed by atoms with Gasteiger partial charge < -0.3 is 20.5 Å². The van der Waals surface area contributed by atoms with E-state index in [2.05, 4.69) is 10.6 Å². The van der Waals surface area contributed by atoms with E-state index in [4.69, 9.17) is 9.84 Å². The number of alkyl carbamates (subject to hydrolysis) is 1. The second kappa shape index (κ2) is 11.1. The Labute approximate surface area is 196 Å². The van der Waals surface area contributed by atoms with Crippen LogP contribution in [0.3, 0.4) is 0 Å².